The first-order chi connectivity index (χ1) is 13.7. The van der Waals surface area contributed by atoms with Crippen LogP contribution < -0.4 is 15.5 Å². The van der Waals surface area contributed by atoms with E-state index >= 15 is 0 Å². The molecule has 0 amide bonds. The average molecular weight is 520 g/mol. The summed E-state index contributed by atoms with van der Waals surface area (Å²) >= 11 is 0. The van der Waals surface area contributed by atoms with Crippen LogP contribution in [0, 0.1) is 5.82 Å². The van der Waals surface area contributed by atoms with E-state index in [4.69, 9.17) is 4.74 Å². The molecule has 0 saturated carbocycles. The zero-order valence-corrected chi connectivity index (χ0v) is 19.6. The molecule has 0 bridgehead atoms. The molecule has 2 saturated heterocycles. The number of benzene rings is 1. The van der Waals surface area contributed by atoms with Gasteiger partial charge in [-0.3, -0.25) is 14.8 Å². The summed E-state index contributed by atoms with van der Waals surface area (Å²) in [6.07, 6.45) is 0. The largest absolute Gasteiger partial charge is 0.379 e. The van der Waals surface area contributed by atoms with Crippen molar-refractivity contribution in [3.8, 4) is 0 Å². The number of aliphatic imine (C=N–C) groups is 1. The Bertz CT molecular complexity index is 603. The maximum atomic E-state index is 13.1. The highest BCUT2D eigenvalue weighted by molar-refractivity contribution is 14.0. The minimum Gasteiger partial charge on any atom is -0.379 e. The van der Waals surface area contributed by atoms with Crippen LogP contribution in [0.3, 0.4) is 0 Å². The average Bonchev–Trinajstić information content (AvgIpc) is 2.74. The Balaban J connectivity index is 0.00000300. The lowest BCUT2D eigenvalue weighted by Crippen LogP contribution is -2.50. The maximum absolute atomic E-state index is 13.1. The van der Waals surface area contributed by atoms with Crippen molar-refractivity contribution in [2.24, 2.45) is 4.99 Å². The number of halogens is 2. The molecule has 2 fully saturated rings. The predicted molar refractivity (Wildman–Crippen MR) is 127 cm³/mol. The third-order valence-corrected chi connectivity index (χ3v) is 5.33. The zero-order valence-electron chi connectivity index (χ0n) is 17.3. The van der Waals surface area contributed by atoms with Crippen molar-refractivity contribution < 1.29 is 9.13 Å². The number of guanidine groups is 1. The molecule has 7 nitrogen and oxygen atoms in total. The second-order valence-electron chi connectivity index (χ2n) is 7.18. The fraction of sp³-hybridized carbons (Fsp3) is 0.650. The summed E-state index contributed by atoms with van der Waals surface area (Å²) in [5, 5.41) is 6.79. The van der Waals surface area contributed by atoms with Crippen LogP contribution in [0.2, 0.25) is 0 Å². The molecular formula is C20H34FIN6O. The summed E-state index contributed by atoms with van der Waals surface area (Å²) in [4.78, 5) is 11.5. The summed E-state index contributed by atoms with van der Waals surface area (Å²) in [6.45, 7) is 11.4. The van der Waals surface area contributed by atoms with E-state index in [0.29, 0.717) is 0 Å². The molecule has 0 aromatic heterocycles. The monoisotopic (exact) mass is 520 g/mol. The summed E-state index contributed by atoms with van der Waals surface area (Å²) < 4.78 is 18.4. The van der Waals surface area contributed by atoms with E-state index in [1.165, 1.54) is 12.1 Å². The zero-order chi connectivity index (χ0) is 19.6. The summed E-state index contributed by atoms with van der Waals surface area (Å²) in [5.41, 5.74) is 1.10. The Hall–Kier alpha value is -1.17. The van der Waals surface area contributed by atoms with Crippen LogP contribution in [-0.4, -0.2) is 101 Å². The predicted octanol–water partition coefficient (Wildman–Crippen LogP) is 1.06. The standard InChI is InChI=1S/C20H33FN6O.HI/c1-22-20(24-7-9-26-14-16-28-17-15-26)23-6-8-25-10-12-27(13-11-25)19-4-2-18(21)3-5-19;/h2-5H,6-17H2,1H3,(H2,22,23,24);1H. The smallest absolute Gasteiger partial charge is 0.191 e. The lowest BCUT2D eigenvalue weighted by molar-refractivity contribution is 0.0389. The second kappa shape index (κ2) is 13.2. The van der Waals surface area contributed by atoms with Gasteiger partial charge in [-0.25, -0.2) is 4.39 Å². The highest BCUT2D eigenvalue weighted by Crippen LogP contribution is 2.16. The van der Waals surface area contributed by atoms with Gasteiger partial charge in [0, 0.05) is 78.2 Å². The molecule has 2 aliphatic heterocycles. The van der Waals surface area contributed by atoms with E-state index in [9.17, 15) is 4.39 Å². The molecule has 1 aromatic carbocycles. The van der Waals surface area contributed by atoms with Gasteiger partial charge >= 0.3 is 0 Å². The van der Waals surface area contributed by atoms with Crippen molar-refractivity contribution in [2.45, 2.75) is 0 Å². The number of nitrogens with zero attached hydrogens (tertiary/aromatic N) is 4. The molecule has 2 heterocycles. The van der Waals surface area contributed by atoms with E-state index in [2.05, 4.69) is 30.3 Å². The first-order valence-electron chi connectivity index (χ1n) is 10.2. The SMILES string of the molecule is CN=C(NCCN1CCOCC1)NCCN1CCN(c2ccc(F)cc2)CC1.I. The van der Waals surface area contributed by atoms with Crippen molar-refractivity contribution in [2.75, 3.05) is 90.6 Å². The van der Waals surface area contributed by atoms with Gasteiger partial charge in [-0.15, -0.1) is 24.0 Å². The summed E-state index contributed by atoms with van der Waals surface area (Å²) in [6, 6.07) is 6.78. The molecular weight excluding hydrogens is 486 g/mol. The first kappa shape index (κ1) is 24.1. The molecule has 0 spiro atoms. The van der Waals surface area contributed by atoms with E-state index < -0.39 is 0 Å². The number of ether oxygens (including phenoxy) is 1. The Labute approximate surface area is 190 Å². The van der Waals surface area contributed by atoms with Crippen LogP contribution >= 0.6 is 24.0 Å². The number of piperazine rings is 1. The molecule has 0 aliphatic carbocycles. The van der Waals surface area contributed by atoms with E-state index in [1.54, 1.807) is 0 Å². The second-order valence-corrected chi connectivity index (χ2v) is 7.18. The fourth-order valence-corrected chi connectivity index (χ4v) is 3.59. The minimum atomic E-state index is -0.180. The highest BCUT2D eigenvalue weighted by Gasteiger charge is 2.17. The lowest BCUT2D eigenvalue weighted by Gasteiger charge is -2.36. The van der Waals surface area contributed by atoms with Crippen molar-refractivity contribution in [3.63, 3.8) is 0 Å². The molecule has 9 heteroatoms. The van der Waals surface area contributed by atoms with E-state index in [-0.39, 0.29) is 29.8 Å². The van der Waals surface area contributed by atoms with Gasteiger partial charge in [-0.1, -0.05) is 0 Å². The first-order valence-corrected chi connectivity index (χ1v) is 10.2. The fourth-order valence-electron chi connectivity index (χ4n) is 3.59. The van der Waals surface area contributed by atoms with Crippen molar-refractivity contribution >= 4 is 35.6 Å². The molecule has 3 rings (SSSR count). The third kappa shape index (κ3) is 8.23. The Kier molecular flexibility index (Phi) is 11.0. The van der Waals surface area contributed by atoms with Crippen molar-refractivity contribution in [1.29, 1.82) is 0 Å². The quantitative estimate of drug-likeness (QED) is 0.319. The number of hydrogen-bond acceptors (Lipinski definition) is 5. The van der Waals surface area contributed by atoms with Gasteiger partial charge in [0.05, 0.1) is 13.2 Å². The molecule has 1 aromatic rings. The lowest BCUT2D eigenvalue weighted by atomic mass is 10.2. The van der Waals surface area contributed by atoms with Gasteiger partial charge in [0.2, 0.25) is 0 Å². The number of rotatable bonds is 7. The van der Waals surface area contributed by atoms with Crippen LogP contribution in [0.15, 0.2) is 29.3 Å². The Morgan fingerprint density at radius 1 is 0.931 bits per heavy atom. The molecule has 0 atom stereocenters. The van der Waals surface area contributed by atoms with Crippen LogP contribution in [0.5, 0.6) is 0 Å². The van der Waals surface area contributed by atoms with Gasteiger partial charge in [0.1, 0.15) is 5.82 Å². The molecule has 164 valence electrons. The molecule has 0 radical (unpaired) electrons. The number of morpholine rings is 1. The molecule has 0 unspecified atom stereocenters. The van der Waals surface area contributed by atoms with E-state index in [0.717, 1.165) is 90.3 Å². The van der Waals surface area contributed by atoms with Crippen LogP contribution in [0.4, 0.5) is 10.1 Å². The third-order valence-electron chi connectivity index (χ3n) is 5.33. The molecule has 2 N–H and O–H groups in total. The minimum absolute atomic E-state index is 0. The van der Waals surface area contributed by atoms with Crippen molar-refractivity contribution in [1.82, 2.24) is 20.4 Å². The van der Waals surface area contributed by atoms with Crippen LogP contribution in [0.25, 0.3) is 0 Å². The number of hydrogen-bond donors (Lipinski definition) is 2. The van der Waals surface area contributed by atoms with Crippen LogP contribution in [0.1, 0.15) is 0 Å². The number of nitrogens with one attached hydrogen (secondary N) is 2. The summed E-state index contributed by atoms with van der Waals surface area (Å²) in [5.74, 6) is 0.679. The maximum Gasteiger partial charge on any atom is 0.191 e. The topological polar surface area (TPSA) is 55.4 Å². The van der Waals surface area contributed by atoms with Crippen molar-refractivity contribution in [3.05, 3.63) is 30.1 Å². The normalized spacial score (nSPS) is 19.0. The Morgan fingerprint density at radius 3 is 2.03 bits per heavy atom. The van der Waals surface area contributed by atoms with E-state index in [1.807, 2.05) is 19.2 Å². The number of anilines is 1. The van der Waals surface area contributed by atoms with Gasteiger partial charge in [0.15, 0.2) is 5.96 Å². The van der Waals surface area contributed by atoms with Gasteiger partial charge in [-0.05, 0) is 24.3 Å². The van der Waals surface area contributed by atoms with Crippen LogP contribution in [-0.2, 0) is 4.74 Å². The highest BCUT2D eigenvalue weighted by atomic mass is 127. The molecule has 2 aliphatic rings. The van der Waals surface area contributed by atoms with Gasteiger partial charge in [0.25, 0.3) is 0 Å². The Morgan fingerprint density at radius 2 is 1.48 bits per heavy atom. The molecule has 29 heavy (non-hydrogen) atoms. The van der Waals surface area contributed by atoms with Gasteiger partial charge in [-0.2, -0.15) is 0 Å². The summed E-state index contributed by atoms with van der Waals surface area (Å²) in [7, 11) is 1.81. The van der Waals surface area contributed by atoms with Gasteiger partial charge < -0.3 is 20.3 Å².